The van der Waals surface area contributed by atoms with Crippen LogP contribution in [-0.4, -0.2) is 30.0 Å². The first-order valence-electron chi connectivity index (χ1n) is 6.00. The smallest absolute Gasteiger partial charge is 0.105 e. The third-order valence-corrected chi connectivity index (χ3v) is 4.42. The third kappa shape index (κ3) is 3.25. The Morgan fingerprint density at radius 3 is 3.06 bits per heavy atom. The summed E-state index contributed by atoms with van der Waals surface area (Å²) < 4.78 is 6.41. The van der Waals surface area contributed by atoms with E-state index >= 15 is 0 Å². The molecule has 1 aromatic rings. The number of nitrogens with one attached hydrogen (secondary N) is 1. The Balaban J connectivity index is 1.90. The van der Waals surface area contributed by atoms with Gasteiger partial charge in [0.15, 0.2) is 0 Å². The van der Waals surface area contributed by atoms with Crippen molar-refractivity contribution in [2.75, 3.05) is 13.2 Å². The van der Waals surface area contributed by atoms with Gasteiger partial charge in [-0.2, -0.15) is 0 Å². The first kappa shape index (κ1) is 14.3. The van der Waals surface area contributed by atoms with Gasteiger partial charge < -0.3 is 15.2 Å². The molecule has 2 rings (SSSR count). The van der Waals surface area contributed by atoms with Crippen LogP contribution in [0.25, 0.3) is 0 Å². The third-order valence-electron chi connectivity index (χ3n) is 3.41. The molecule has 1 fully saturated rings. The molecule has 18 heavy (non-hydrogen) atoms. The average Bonchev–Trinajstić information content (AvgIpc) is 2.64. The van der Waals surface area contributed by atoms with Crippen molar-refractivity contribution in [2.24, 2.45) is 0 Å². The van der Waals surface area contributed by atoms with E-state index in [0.717, 1.165) is 10.0 Å². The van der Waals surface area contributed by atoms with Crippen molar-refractivity contribution in [3.63, 3.8) is 0 Å². The second-order valence-corrected chi connectivity index (χ2v) is 6.00. The van der Waals surface area contributed by atoms with Gasteiger partial charge in [0, 0.05) is 35.6 Å². The van der Waals surface area contributed by atoms with Crippen molar-refractivity contribution in [1.82, 2.24) is 5.32 Å². The van der Waals surface area contributed by atoms with Crippen LogP contribution in [0.15, 0.2) is 22.7 Å². The van der Waals surface area contributed by atoms with E-state index in [4.69, 9.17) is 16.3 Å². The van der Waals surface area contributed by atoms with E-state index in [1.807, 2.05) is 25.1 Å². The summed E-state index contributed by atoms with van der Waals surface area (Å²) in [7, 11) is 0. The molecule has 1 saturated heterocycles. The topological polar surface area (TPSA) is 41.5 Å². The van der Waals surface area contributed by atoms with Gasteiger partial charge in [0.1, 0.15) is 5.60 Å². The van der Waals surface area contributed by atoms with Crippen LogP contribution in [0.4, 0.5) is 0 Å². The highest BCUT2D eigenvalue weighted by Crippen LogP contribution is 2.25. The predicted molar refractivity (Wildman–Crippen MR) is 75.8 cm³/mol. The number of benzene rings is 1. The van der Waals surface area contributed by atoms with Crippen molar-refractivity contribution in [2.45, 2.75) is 31.6 Å². The summed E-state index contributed by atoms with van der Waals surface area (Å²) in [5.74, 6) is 0. The Morgan fingerprint density at radius 1 is 1.61 bits per heavy atom. The molecule has 1 heterocycles. The van der Waals surface area contributed by atoms with Crippen molar-refractivity contribution in [1.29, 1.82) is 0 Å². The van der Waals surface area contributed by atoms with E-state index in [2.05, 4.69) is 21.2 Å². The minimum Gasteiger partial charge on any atom is -0.386 e. The highest BCUT2D eigenvalue weighted by molar-refractivity contribution is 9.10. The van der Waals surface area contributed by atoms with Crippen molar-refractivity contribution < 1.29 is 9.84 Å². The highest BCUT2D eigenvalue weighted by atomic mass is 79.9. The fourth-order valence-electron chi connectivity index (χ4n) is 2.10. The maximum atomic E-state index is 10.3. The Kier molecular flexibility index (Phi) is 4.67. The van der Waals surface area contributed by atoms with Crippen LogP contribution in [0.2, 0.25) is 5.02 Å². The molecule has 1 aliphatic heterocycles. The van der Waals surface area contributed by atoms with Crippen LogP contribution >= 0.6 is 27.5 Å². The second kappa shape index (κ2) is 5.88. The zero-order valence-electron chi connectivity index (χ0n) is 10.2. The lowest BCUT2D eigenvalue weighted by Crippen LogP contribution is -2.45. The van der Waals surface area contributed by atoms with Gasteiger partial charge in [0.25, 0.3) is 0 Å². The predicted octanol–water partition coefficient (Wildman–Crippen LogP) is 2.73. The summed E-state index contributed by atoms with van der Waals surface area (Å²) in [4.78, 5) is 0. The van der Waals surface area contributed by atoms with Gasteiger partial charge in [-0.1, -0.05) is 27.5 Å². The molecule has 0 bridgehead atoms. The normalized spacial score (nSPS) is 27.7. The summed E-state index contributed by atoms with van der Waals surface area (Å²) in [6.07, 6.45) is 0.561. The monoisotopic (exact) mass is 333 g/mol. The van der Waals surface area contributed by atoms with E-state index in [1.54, 1.807) is 0 Å². The molecule has 0 spiro atoms. The first-order chi connectivity index (χ1) is 8.51. The lowest BCUT2D eigenvalue weighted by Gasteiger charge is -2.26. The largest absolute Gasteiger partial charge is 0.386 e. The number of hydrogen-bond acceptors (Lipinski definition) is 3. The van der Waals surface area contributed by atoms with Gasteiger partial charge in [0.05, 0.1) is 6.10 Å². The minimum absolute atomic E-state index is 0.118. The fourth-order valence-corrected chi connectivity index (χ4v) is 2.68. The van der Waals surface area contributed by atoms with Gasteiger partial charge in [-0.15, -0.1) is 0 Å². The van der Waals surface area contributed by atoms with E-state index in [1.165, 1.54) is 0 Å². The van der Waals surface area contributed by atoms with Crippen LogP contribution in [0, 0.1) is 0 Å². The average molecular weight is 335 g/mol. The fraction of sp³-hybridized carbons (Fsp3) is 0.538. The van der Waals surface area contributed by atoms with Crippen LogP contribution in [-0.2, 0) is 11.3 Å². The van der Waals surface area contributed by atoms with Crippen LogP contribution < -0.4 is 5.32 Å². The SMILES string of the molecule is CC1OCCC1(O)CNCc1cc(Cl)ccc1Br. The summed E-state index contributed by atoms with van der Waals surface area (Å²) in [5, 5.41) is 14.3. The Morgan fingerprint density at radius 2 is 2.39 bits per heavy atom. The number of hydrogen-bond donors (Lipinski definition) is 2. The van der Waals surface area contributed by atoms with Crippen molar-refractivity contribution in [3.05, 3.63) is 33.3 Å². The van der Waals surface area contributed by atoms with Gasteiger partial charge in [-0.25, -0.2) is 0 Å². The zero-order chi connectivity index (χ0) is 13.2. The van der Waals surface area contributed by atoms with Crippen LogP contribution in [0.5, 0.6) is 0 Å². The van der Waals surface area contributed by atoms with Crippen molar-refractivity contribution >= 4 is 27.5 Å². The van der Waals surface area contributed by atoms with Gasteiger partial charge in [-0.3, -0.25) is 0 Å². The van der Waals surface area contributed by atoms with Crippen molar-refractivity contribution in [3.8, 4) is 0 Å². The number of aliphatic hydroxyl groups is 1. The molecule has 0 amide bonds. The molecule has 0 aliphatic carbocycles. The molecular formula is C13H17BrClNO2. The minimum atomic E-state index is -0.759. The lowest BCUT2D eigenvalue weighted by molar-refractivity contribution is -0.0263. The zero-order valence-corrected chi connectivity index (χ0v) is 12.6. The lowest BCUT2D eigenvalue weighted by atomic mass is 9.96. The van der Waals surface area contributed by atoms with Gasteiger partial charge in [0.2, 0.25) is 0 Å². The molecule has 0 saturated carbocycles. The molecule has 0 radical (unpaired) electrons. The summed E-state index contributed by atoms with van der Waals surface area (Å²) in [6, 6.07) is 5.68. The molecule has 5 heteroatoms. The highest BCUT2D eigenvalue weighted by Gasteiger charge is 2.38. The number of halogens is 2. The first-order valence-corrected chi connectivity index (χ1v) is 7.17. The quantitative estimate of drug-likeness (QED) is 0.889. The number of rotatable bonds is 4. The Labute approximate surface area is 121 Å². The summed E-state index contributed by atoms with van der Waals surface area (Å²) >= 11 is 9.44. The van der Waals surface area contributed by atoms with E-state index in [-0.39, 0.29) is 6.10 Å². The molecule has 1 aliphatic rings. The number of ether oxygens (including phenoxy) is 1. The Hall–Kier alpha value is -0.130. The van der Waals surface area contributed by atoms with E-state index in [0.29, 0.717) is 31.1 Å². The second-order valence-electron chi connectivity index (χ2n) is 4.71. The summed E-state index contributed by atoms with van der Waals surface area (Å²) in [5.41, 5.74) is 0.322. The van der Waals surface area contributed by atoms with E-state index < -0.39 is 5.60 Å². The molecular weight excluding hydrogens is 318 g/mol. The standard InChI is InChI=1S/C13H17BrClNO2/c1-9-13(17,4-5-18-9)8-16-7-10-6-11(15)2-3-12(10)14/h2-3,6,9,16-17H,4-5,7-8H2,1H3. The molecule has 2 unspecified atom stereocenters. The maximum absolute atomic E-state index is 10.3. The molecule has 1 aromatic carbocycles. The molecule has 100 valence electrons. The van der Waals surface area contributed by atoms with Crippen LogP contribution in [0.3, 0.4) is 0 Å². The van der Waals surface area contributed by atoms with Crippen LogP contribution in [0.1, 0.15) is 18.9 Å². The molecule has 0 aromatic heterocycles. The molecule has 2 N–H and O–H groups in total. The van der Waals surface area contributed by atoms with Gasteiger partial charge >= 0.3 is 0 Å². The molecule has 2 atom stereocenters. The van der Waals surface area contributed by atoms with E-state index in [9.17, 15) is 5.11 Å². The van der Waals surface area contributed by atoms with Gasteiger partial charge in [-0.05, 0) is 30.7 Å². The molecule has 3 nitrogen and oxygen atoms in total. The maximum Gasteiger partial charge on any atom is 0.105 e. The summed E-state index contributed by atoms with van der Waals surface area (Å²) in [6.45, 7) is 3.72. The Bertz CT molecular complexity index is 429.